The molecule has 0 fully saturated rings. The van der Waals surface area contributed by atoms with Gasteiger partial charge in [-0.1, -0.05) is 6.07 Å². The SMILES string of the molecule is COc1cc(CCC(=O)C[C@@H]2c3c(cc4c(c3OC)OCO4)CC[NH+]2C)ccc1O. The fraction of sp³-hybridized carbons (Fsp3) is 0.435. The molecule has 2 aromatic rings. The summed E-state index contributed by atoms with van der Waals surface area (Å²) >= 11 is 0. The standard InChI is InChI=1S/C23H27NO6/c1-24-9-8-15-11-20-22(30-13-29-20)23(28-3)21(15)17(24)12-16(25)6-4-14-5-7-18(26)19(10-14)27-2/h5,7,10-11,17,26H,4,6,8-9,12-13H2,1-3H3/p+1/t17-/m1/s1. The van der Waals surface area contributed by atoms with Crippen LogP contribution in [0.15, 0.2) is 24.3 Å². The number of Topliss-reactive ketones (excluding diaryl/α,β-unsaturated/α-hetero) is 1. The molecule has 2 aromatic carbocycles. The van der Waals surface area contributed by atoms with Gasteiger partial charge in [0.1, 0.15) is 11.8 Å². The van der Waals surface area contributed by atoms with Gasteiger partial charge in [-0.25, -0.2) is 0 Å². The zero-order valence-corrected chi connectivity index (χ0v) is 17.6. The Balaban J connectivity index is 1.52. The molecule has 0 spiro atoms. The number of carbonyl (C=O) groups is 1. The van der Waals surface area contributed by atoms with Crippen molar-refractivity contribution in [3.05, 3.63) is 41.0 Å². The zero-order valence-electron chi connectivity index (χ0n) is 17.6. The van der Waals surface area contributed by atoms with Gasteiger partial charge in [0.05, 0.1) is 39.8 Å². The van der Waals surface area contributed by atoms with Crippen molar-refractivity contribution in [3.8, 4) is 28.7 Å². The van der Waals surface area contributed by atoms with Gasteiger partial charge >= 0.3 is 0 Å². The topological polar surface area (TPSA) is 78.7 Å². The molecular formula is C23H28NO6+. The number of nitrogens with one attached hydrogen (secondary N) is 1. The molecule has 7 nitrogen and oxygen atoms in total. The molecule has 2 heterocycles. The van der Waals surface area contributed by atoms with Crippen LogP contribution < -0.4 is 23.8 Å². The van der Waals surface area contributed by atoms with Gasteiger partial charge in [-0.2, -0.15) is 0 Å². The van der Waals surface area contributed by atoms with Crippen molar-refractivity contribution in [1.82, 2.24) is 0 Å². The number of aryl methyl sites for hydroxylation is 1. The van der Waals surface area contributed by atoms with Gasteiger partial charge in [0, 0.05) is 12.8 Å². The first kappa shape index (κ1) is 20.3. The average molecular weight is 414 g/mol. The Morgan fingerprint density at radius 2 is 2.07 bits per heavy atom. The van der Waals surface area contributed by atoms with E-state index in [1.165, 1.54) is 17.6 Å². The summed E-state index contributed by atoms with van der Waals surface area (Å²) in [5.41, 5.74) is 3.19. The van der Waals surface area contributed by atoms with Crippen LogP contribution in [0.25, 0.3) is 0 Å². The number of phenols is 1. The van der Waals surface area contributed by atoms with E-state index in [1.54, 1.807) is 19.2 Å². The summed E-state index contributed by atoms with van der Waals surface area (Å²) in [5.74, 6) is 2.77. The van der Waals surface area contributed by atoms with E-state index in [0.717, 1.165) is 29.8 Å². The van der Waals surface area contributed by atoms with Gasteiger partial charge in [-0.05, 0) is 35.7 Å². The van der Waals surface area contributed by atoms with Crippen molar-refractivity contribution < 1.29 is 33.7 Å². The van der Waals surface area contributed by atoms with Gasteiger partial charge in [0.15, 0.2) is 23.0 Å². The van der Waals surface area contributed by atoms with E-state index in [1.807, 2.05) is 12.1 Å². The highest BCUT2D eigenvalue weighted by Crippen LogP contribution is 2.47. The smallest absolute Gasteiger partial charge is 0.231 e. The summed E-state index contributed by atoms with van der Waals surface area (Å²) < 4.78 is 22.1. The average Bonchev–Trinajstić information content (AvgIpc) is 3.22. The van der Waals surface area contributed by atoms with Crippen LogP contribution in [0.5, 0.6) is 28.7 Å². The lowest BCUT2D eigenvalue weighted by Crippen LogP contribution is -3.10. The minimum absolute atomic E-state index is 0.0139. The highest BCUT2D eigenvalue weighted by molar-refractivity contribution is 5.80. The van der Waals surface area contributed by atoms with Crippen LogP contribution in [0, 0.1) is 0 Å². The van der Waals surface area contributed by atoms with E-state index in [4.69, 9.17) is 18.9 Å². The summed E-state index contributed by atoms with van der Waals surface area (Å²) in [4.78, 5) is 14.2. The number of methoxy groups -OCH3 is 2. The van der Waals surface area contributed by atoms with Gasteiger partial charge in [0.2, 0.25) is 12.5 Å². The first-order chi connectivity index (χ1) is 14.5. The minimum Gasteiger partial charge on any atom is -0.504 e. The molecule has 0 bridgehead atoms. The number of aromatic hydroxyl groups is 1. The molecule has 0 aliphatic carbocycles. The number of rotatable bonds is 7. The fourth-order valence-electron chi connectivity index (χ4n) is 4.39. The highest BCUT2D eigenvalue weighted by Gasteiger charge is 2.37. The summed E-state index contributed by atoms with van der Waals surface area (Å²) in [6, 6.07) is 7.25. The number of carbonyl (C=O) groups excluding carboxylic acids is 1. The van der Waals surface area contributed by atoms with E-state index in [0.29, 0.717) is 36.5 Å². The predicted molar refractivity (Wildman–Crippen MR) is 110 cm³/mol. The molecule has 0 saturated carbocycles. The third-order valence-electron chi connectivity index (χ3n) is 6.05. The Labute approximate surface area is 176 Å². The maximum absolute atomic E-state index is 12.9. The molecule has 0 saturated heterocycles. The van der Waals surface area contributed by atoms with Gasteiger partial charge in [0.25, 0.3) is 0 Å². The lowest BCUT2D eigenvalue weighted by atomic mass is 9.87. The molecule has 2 atom stereocenters. The Morgan fingerprint density at radius 3 is 2.83 bits per heavy atom. The number of ketones is 1. The number of phenolic OH excluding ortho intramolecular Hbond substituents is 1. The predicted octanol–water partition coefficient (Wildman–Crippen LogP) is 1.84. The third kappa shape index (κ3) is 3.77. The highest BCUT2D eigenvalue weighted by atomic mass is 16.7. The monoisotopic (exact) mass is 414 g/mol. The summed E-state index contributed by atoms with van der Waals surface area (Å²) in [7, 11) is 5.27. The molecule has 0 radical (unpaired) electrons. The molecule has 0 aromatic heterocycles. The quantitative estimate of drug-likeness (QED) is 0.720. The molecule has 0 amide bonds. The van der Waals surface area contributed by atoms with Gasteiger partial charge in [-0.3, -0.25) is 4.79 Å². The van der Waals surface area contributed by atoms with Gasteiger partial charge < -0.3 is 29.0 Å². The molecule has 2 N–H and O–H groups in total. The Hall–Kier alpha value is -2.93. The van der Waals surface area contributed by atoms with Crippen LogP contribution in [0.2, 0.25) is 0 Å². The van der Waals surface area contributed by atoms with E-state index in [-0.39, 0.29) is 24.4 Å². The number of quaternary nitrogens is 1. The second-order valence-electron chi connectivity index (χ2n) is 7.86. The zero-order chi connectivity index (χ0) is 21.3. The van der Waals surface area contributed by atoms with Crippen LogP contribution in [-0.2, 0) is 17.6 Å². The molecular weight excluding hydrogens is 386 g/mol. The Morgan fingerprint density at radius 1 is 1.23 bits per heavy atom. The molecule has 7 heteroatoms. The number of hydrogen-bond acceptors (Lipinski definition) is 6. The van der Waals surface area contributed by atoms with E-state index < -0.39 is 0 Å². The summed E-state index contributed by atoms with van der Waals surface area (Å²) in [5, 5.41) is 9.74. The summed E-state index contributed by atoms with van der Waals surface area (Å²) in [6.45, 7) is 1.14. The molecule has 2 aliphatic heterocycles. The van der Waals surface area contributed by atoms with Crippen molar-refractivity contribution >= 4 is 5.78 Å². The van der Waals surface area contributed by atoms with Crippen LogP contribution >= 0.6 is 0 Å². The second kappa shape index (κ2) is 8.44. The van der Waals surface area contributed by atoms with Crippen molar-refractivity contribution in [2.24, 2.45) is 0 Å². The maximum Gasteiger partial charge on any atom is 0.231 e. The van der Waals surface area contributed by atoms with Crippen LogP contribution in [0.3, 0.4) is 0 Å². The number of ether oxygens (including phenoxy) is 4. The number of likely N-dealkylation sites (N-methyl/N-ethyl adjacent to an activating group) is 1. The van der Waals surface area contributed by atoms with Crippen molar-refractivity contribution in [3.63, 3.8) is 0 Å². The third-order valence-corrected chi connectivity index (χ3v) is 6.05. The molecule has 2 aliphatic rings. The first-order valence-electron chi connectivity index (χ1n) is 10.2. The molecule has 4 rings (SSSR count). The number of hydrogen-bond donors (Lipinski definition) is 2. The molecule has 30 heavy (non-hydrogen) atoms. The number of benzene rings is 2. The fourth-order valence-corrected chi connectivity index (χ4v) is 4.39. The first-order valence-corrected chi connectivity index (χ1v) is 10.2. The molecule has 1 unspecified atom stereocenters. The van der Waals surface area contributed by atoms with Crippen LogP contribution in [0.4, 0.5) is 0 Å². The van der Waals surface area contributed by atoms with E-state index in [9.17, 15) is 9.90 Å². The van der Waals surface area contributed by atoms with Gasteiger partial charge in [-0.15, -0.1) is 0 Å². The van der Waals surface area contributed by atoms with E-state index in [2.05, 4.69) is 7.05 Å². The second-order valence-corrected chi connectivity index (χ2v) is 7.86. The Kier molecular flexibility index (Phi) is 5.72. The van der Waals surface area contributed by atoms with Crippen molar-refractivity contribution in [2.45, 2.75) is 31.7 Å². The van der Waals surface area contributed by atoms with Crippen LogP contribution in [0.1, 0.15) is 35.6 Å². The van der Waals surface area contributed by atoms with Crippen molar-refractivity contribution in [2.75, 3.05) is 34.6 Å². The lowest BCUT2D eigenvalue weighted by molar-refractivity contribution is -0.914. The van der Waals surface area contributed by atoms with Crippen molar-refractivity contribution in [1.29, 1.82) is 0 Å². The Bertz CT molecular complexity index is 957. The van der Waals surface area contributed by atoms with Crippen LogP contribution in [-0.4, -0.2) is 45.5 Å². The minimum atomic E-state index is 0.0139. The lowest BCUT2D eigenvalue weighted by Gasteiger charge is -2.32. The maximum atomic E-state index is 12.9. The largest absolute Gasteiger partial charge is 0.504 e. The molecule has 160 valence electrons. The normalized spacial score (nSPS) is 19.3. The van der Waals surface area contributed by atoms with E-state index >= 15 is 0 Å². The number of fused-ring (bicyclic) bond motifs is 2. The summed E-state index contributed by atoms with van der Waals surface area (Å²) in [6.07, 6.45) is 2.38.